The van der Waals surface area contributed by atoms with E-state index in [9.17, 15) is 9.18 Å². The van der Waals surface area contributed by atoms with Gasteiger partial charge < -0.3 is 15.0 Å². The molecule has 1 N–H and O–H groups in total. The molecule has 2 heterocycles. The van der Waals surface area contributed by atoms with Crippen molar-refractivity contribution in [1.29, 1.82) is 0 Å². The van der Waals surface area contributed by atoms with Crippen molar-refractivity contribution in [3.8, 4) is 0 Å². The van der Waals surface area contributed by atoms with Crippen LogP contribution in [0.25, 0.3) is 10.1 Å². The maximum Gasteiger partial charge on any atom is 0.349 e. The van der Waals surface area contributed by atoms with Crippen LogP contribution < -0.4 is 5.32 Å². The highest BCUT2D eigenvalue weighted by Crippen LogP contribution is 2.37. The lowest BCUT2D eigenvalue weighted by atomic mass is 10.2. The largest absolute Gasteiger partial charge is 0.465 e. The van der Waals surface area contributed by atoms with Gasteiger partial charge in [-0.2, -0.15) is 0 Å². The maximum atomic E-state index is 13.3. The number of piperazine rings is 1. The van der Waals surface area contributed by atoms with E-state index < -0.39 is 5.97 Å². The van der Waals surface area contributed by atoms with Crippen LogP contribution >= 0.6 is 46.8 Å². The van der Waals surface area contributed by atoms with E-state index in [-0.39, 0.29) is 5.82 Å². The van der Waals surface area contributed by atoms with Crippen molar-refractivity contribution in [3.63, 3.8) is 0 Å². The number of carbonyl (C=O) groups is 1. The maximum absolute atomic E-state index is 13.3. The van der Waals surface area contributed by atoms with E-state index in [2.05, 4.69) is 15.1 Å². The Balaban J connectivity index is 1.36. The number of nitrogens with one attached hydrogen (secondary N) is 1. The molecule has 0 unspecified atom stereocenters. The molecule has 0 radical (unpaired) electrons. The molecule has 1 saturated heterocycles. The number of nitrogens with zero attached hydrogens (tertiary/aromatic N) is 2. The Morgan fingerprint density at radius 1 is 1.19 bits per heavy atom. The van der Waals surface area contributed by atoms with Gasteiger partial charge in [-0.15, -0.1) is 11.3 Å². The van der Waals surface area contributed by atoms with Gasteiger partial charge in [-0.1, -0.05) is 29.3 Å². The number of hydrogen-bond acceptors (Lipinski definition) is 5. The summed E-state index contributed by atoms with van der Waals surface area (Å²) in [5, 5.41) is 5.58. The van der Waals surface area contributed by atoms with Gasteiger partial charge in [0.25, 0.3) is 0 Å². The molecule has 2 aromatic carbocycles. The van der Waals surface area contributed by atoms with Crippen LogP contribution in [0, 0.1) is 5.82 Å². The van der Waals surface area contributed by atoms with Gasteiger partial charge in [0, 0.05) is 53.5 Å². The van der Waals surface area contributed by atoms with Crippen LogP contribution in [0.15, 0.2) is 36.4 Å². The number of ether oxygens (including phenoxy) is 1. The van der Waals surface area contributed by atoms with E-state index in [0.29, 0.717) is 26.6 Å². The number of carbonyl (C=O) groups excluding carboxylic acids is 1. The summed E-state index contributed by atoms with van der Waals surface area (Å²) in [5.41, 5.74) is 1.74. The Labute approximate surface area is 204 Å². The first-order valence-electron chi connectivity index (χ1n) is 9.88. The fourth-order valence-electron chi connectivity index (χ4n) is 3.57. The second-order valence-corrected chi connectivity index (χ2v) is 9.60. The summed E-state index contributed by atoms with van der Waals surface area (Å²) >= 11 is 19.4. The van der Waals surface area contributed by atoms with Crippen LogP contribution in [0.3, 0.4) is 0 Å². The quantitative estimate of drug-likeness (QED) is 0.360. The molecule has 4 rings (SSSR count). The number of esters is 1. The minimum atomic E-state index is -0.443. The summed E-state index contributed by atoms with van der Waals surface area (Å²) in [6.07, 6.45) is 0. The van der Waals surface area contributed by atoms with E-state index in [0.717, 1.165) is 47.5 Å². The summed E-state index contributed by atoms with van der Waals surface area (Å²) in [7, 11) is 1.34. The SMILES string of the molecule is COC(=O)c1sc2cc(NC(=S)N3CCN(Cc4ccc(F)cc4Cl)CC3)ccc2c1Cl. The second-order valence-electron chi connectivity index (χ2n) is 7.38. The fraction of sp³-hybridized carbons (Fsp3) is 0.273. The highest BCUT2D eigenvalue weighted by atomic mass is 35.5. The molecule has 1 fully saturated rings. The third kappa shape index (κ3) is 5.00. The molecule has 1 aromatic heterocycles. The van der Waals surface area contributed by atoms with E-state index in [1.165, 1.54) is 30.6 Å². The second kappa shape index (κ2) is 9.89. The standard InChI is InChI=1S/C22H20Cl2FN3O2S2/c1-30-21(29)20-19(24)16-5-4-15(11-18(16)32-20)26-22(31)28-8-6-27(7-9-28)12-13-2-3-14(25)10-17(13)23/h2-5,10-11H,6-9,12H2,1H3,(H,26,31). The molecule has 1 aliphatic rings. The Morgan fingerprint density at radius 3 is 2.62 bits per heavy atom. The lowest BCUT2D eigenvalue weighted by molar-refractivity contribution is 0.0606. The Bertz CT molecular complexity index is 1180. The number of thiophene rings is 1. The van der Waals surface area contributed by atoms with Crippen LogP contribution in [0.2, 0.25) is 10.0 Å². The van der Waals surface area contributed by atoms with Crippen LogP contribution in [-0.2, 0) is 11.3 Å². The number of fused-ring (bicyclic) bond motifs is 1. The van der Waals surface area contributed by atoms with Gasteiger partial charge in [0.05, 0.1) is 12.1 Å². The number of anilines is 1. The van der Waals surface area contributed by atoms with Gasteiger partial charge in [-0.05, 0) is 48.1 Å². The summed E-state index contributed by atoms with van der Waals surface area (Å²) in [6.45, 7) is 3.84. The molecule has 0 atom stereocenters. The third-order valence-electron chi connectivity index (χ3n) is 5.32. The molecule has 5 nitrogen and oxygen atoms in total. The van der Waals surface area contributed by atoms with E-state index in [1.807, 2.05) is 18.2 Å². The molecule has 0 spiro atoms. The minimum absolute atomic E-state index is 0.329. The fourth-order valence-corrected chi connectivity index (χ4v) is 5.56. The van der Waals surface area contributed by atoms with Gasteiger partial charge in [0.1, 0.15) is 10.7 Å². The van der Waals surface area contributed by atoms with Crippen molar-refractivity contribution in [3.05, 3.63) is 62.7 Å². The number of benzene rings is 2. The van der Waals surface area contributed by atoms with Crippen molar-refractivity contribution >= 4 is 73.6 Å². The van der Waals surface area contributed by atoms with E-state index in [1.54, 1.807) is 6.07 Å². The summed E-state index contributed by atoms with van der Waals surface area (Å²) in [4.78, 5) is 16.7. The van der Waals surface area contributed by atoms with Crippen molar-refractivity contribution in [2.45, 2.75) is 6.54 Å². The Hall–Kier alpha value is -1.97. The molecule has 0 saturated carbocycles. The van der Waals surface area contributed by atoms with Crippen LogP contribution in [0.4, 0.5) is 10.1 Å². The first-order chi connectivity index (χ1) is 15.4. The van der Waals surface area contributed by atoms with Crippen molar-refractivity contribution in [2.75, 3.05) is 38.6 Å². The third-order valence-corrected chi connectivity index (χ3v) is 7.67. The first-order valence-corrected chi connectivity index (χ1v) is 11.9. The van der Waals surface area contributed by atoms with Crippen LogP contribution in [0.5, 0.6) is 0 Å². The molecule has 0 amide bonds. The number of thiocarbonyl (C=S) groups is 1. The molecular formula is C22H20Cl2FN3O2S2. The normalized spacial score (nSPS) is 14.6. The smallest absolute Gasteiger partial charge is 0.349 e. The molecule has 10 heteroatoms. The average molecular weight is 512 g/mol. The number of halogens is 3. The lowest BCUT2D eigenvalue weighted by Crippen LogP contribution is -2.49. The number of hydrogen-bond donors (Lipinski definition) is 1. The summed E-state index contributed by atoms with van der Waals surface area (Å²) in [5.74, 6) is -0.773. The molecule has 168 valence electrons. The molecule has 0 bridgehead atoms. The van der Waals surface area contributed by atoms with Gasteiger partial charge in [0.2, 0.25) is 0 Å². The van der Waals surface area contributed by atoms with Crippen LogP contribution in [-0.4, -0.2) is 54.2 Å². The molecular weight excluding hydrogens is 492 g/mol. The van der Waals surface area contributed by atoms with Crippen LogP contribution in [0.1, 0.15) is 15.2 Å². The predicted molar refractivity (Wildman–Crippen MR) is 133 cm³/mol. The summed E-state index contributed by atoms with van der Waals surface area (Å²) in [6, 6.07) is 10.2. The van der Waals surface area contributed by atoms with Crippen molar-refractivity contribution in [2.24, 2.45) is 0 Å². The van der Waals surface area contributed by atoms with Gasteiger partial charge in [-0.25, -0.2) is 9.18 Å². The molecule has 1 aliphatic heterocycles. The first kappa shape index (κ1) is 23.2. The highest BCUT2D eigenvalue weighted by Gasteiger charge is 2.21. The predicted octanol–water partition coefficient (Wildman–Crippen LogP) is 5.65. The highest BCUT2D eigenvalue weighted by molar-refractivity contribution is 7.80. The summed E-state index contributed by atoms with van der Waals surface area (Å²) < 4.78 is 18.9. The van der Waals surface area contributed by atoms with E-state index in [4.69, 9.17) is 40.2 Å². The molecule has 32 heavy (non-hydrogen) atoms. The Kier molecular flexibility index (Phi) is 7.17. The zero-order chi connectivity index (χ0) is 22.8. The van der Waals surface area contributed by atoms with Gasteiger partial charge >= 0.3 is 5.97 Å². The number of methoxy groups -OCH3 is 1. The topological polar surface area (TPSA) is 44.8 Å². The monoisotopic (exact) mass is 511 g/mol. The Morgan fingerprint density at radius 2 is 1.94 bits per heavy atom. The lowest BCUT2D eigenvalue weighted by Gasteiger charge is -2.36. The minimum Gasteiger partial charge on any atom is -0.465 e. The van der Waals surface area contributed by atoms with Crippen molar-refractivity contribution < 1.29 is 13.9 Å². The zero-order valence-electron chi connectivity index (χ0n) is 17.2. The van der Waals surface area contributed by atoms with Gasteiger partial charge in [0.15, 0.2) is 5.11 Å². The zero-order valence-corrected chi connectivity index (χ0v) is 20.3. The van der Waals surface area contributed by atoms with Gasteiger partial charge in [-0.3, -0.25) is 4.90 Å². The average Bonchev–Trinajstić information content (AvgIpc) is 3.11. The van der Waals surface area contributed by atoms with Crippen molar-refractivity contribution in [1.82, 2.24) is 9.80 Å². The molecule has 0 aliphatic carbocycles. The van der Waals surface area contributed by atoms with E-state index >= 15 is 0 Å². The number of rotatable bonds is 4. The molecule has 3 aromatic rings.